The Hall–Kier alpha value is 0.890. The first-order valence-corrected chi connectivity index (χ1v) is 6.18. The second-order valence-corrected chi connectivity index (χ2v) is 6.82. The van der Waals surface area contributed by atoms with Crippen LogP contribution in [0.2, 0.25) is 0 Å². The Labute approximate surface area is 98.5 Å². The average molecular weight is 264 g/mol. The van der Waals surface area contributed by atoms with Gasteiger partial charge in [-0.2, -0.15) is 0 Å². The van der Waals surface area contributed by atoms with Gasteiger partial charge in [-0.25, -0.2) is 0 Å². The second-order valence-electron chi connectivity index (χ2n) is 3.30. The molecule has 0 amide bonds. The van der Waals surface area contributed by atoms with Gasteiger partial charge in [-0.3, -0.25) is 4.79 Å². The van der Waals surface area contributed by atoms with Crippen LogP contribution >= 0.6 is 46.6 Å². The molecule has 5 heteroatoms. The van der Waals surface area contributed by atoms with Crippen LogP contribution in [0.5, 0.6) is 0 Å². The molecule has 0 atom stereocenters. The van der Waals surface area contributed by atoms with Crippen molar-refractivity contribution in [2.45, 2.75) is 24.4 Å². The minimum atomic E-state index is -1.37. The van der Waals surface area contributed by atoms with Crippen LogP contribution in [-0.2, 0) is 4.79 Å². The van der Waals surface area contributed by atoms with Crippen molar-refractivity contribution in [1.29, 1.82) is 0 Å². The molecule has 0 aliphatic carbocycles. The third kappa shape index (κ3) is 3.86. The minimum Gasteiger partial charge on any atom is -0.295 e. The molecular weight excluding hydrogens is 251 g/mol. The highest BCUT2D eigenvalue weighted by Gasteiger charge is 2.42. The molecular formula is C8H13Cl3OS. The van der Waals surface area contributed by atoms with Gasteiger partial charge in [0.2, 0.25) is 3.67 Å². The summed E-state index contributed by atoms with van der Waals surface area (Å²) in [6, 6.07) is 0. The van der Waals surface area contributed by atoms with Crippen LogP contribution in [-0.4, -0.2) is 21.1 Å². The Kier molecular flexibility index (Phi) is 5.46. The molecule has 0 unspecified atom stereocenters. The number of hydrogen-bond acceptors (Lipinski definition) is 2. The molecule has 0 aliphatic rings. The lowest BCUT2D eigenvalue weighted by Gasteiger charge is -2.27. The van der Waals surface area contributed by atoms with Crippen molar-refractivity contribution >= 4 is 52.3 Å². The molecule has 0 fully saturated rings. The van der Waals surface area contributed by atoms with Gasteiger partial charge in [0.05, 0.1) is 0 Å². The van der Waals surface area contributed by atoms with E-state index >= 15 is 0 Å². The molecule has 1 nitrogen and oxygen atoms in total. The van der Waals surface area contributed by atoms with Crippen LogP contribution in [0.15, 0.2) is 0 Å². The lowest BCUT2D eigenvalue weighted by Crippen LogP contribution is -2.37. The number of halogens is 3. The molecule has 0 aromatic carbocycles. The van der Waals surface area contributed by atoms with Crippen molar-refractivity contribution in [3.8, 4) is 0 Å². The molecule has 0 rings (SSSR count). The number of Topliss-reactive ketones (excluding diaryl/α,β-unsaturated/α-hetero) is 1. The number of thioether (sulfide) groups is 1. The Morgan fingerprint density at radius 1 is 1.38 bits per heavy atom. The van der Waals surface area contributed by atoms with Gasteiger partial charge in [0.1, 0.15) is 0 Å². The van der Waals surface area contributed by atoms with E-state index in [2.05, 4.69) is 0 Å². The molecule has 0 aliphatic heterocycles. The number of hydrogen-bond donors (Lipinski definition) is 0. The Bertz CT molecular complexity index is 192. The van der Waals surface area contributed by atoms with Crippen LogP contribution < -0.4 is 0 Å². The summed E-state index contributed by atoms with van der Waals surface area (Å²) < 4.78 is -1.37. The number of carbonyl (C=O) groups is 1. The van der Waals surface area contributed by atoms with Gasteiger partial charge in [-0.1, -0.05) is 44.0 Å². The molecule has 0 heterocycles. The first-order valence-electron chi connectivity index (χ1n) is 3.90. The first-order chi connectivity index (χ1) is 5.78. The fourth-order valence-electron chi connectivity index (χ4n) is 0.701. The van der Waals surface area contributed by atoms with Crippen LogP contribution in [0.4, 0.5) is 0 Å². The Morgan fingerprint density at radius 2 is 1.85 bits per heavy atom. The summed E-state index contributed by atoms with van der Waals surface area (Å²) in [6.07, 6.45) is 0. The largest absolute Gasteiger partial charge is 0.295 e. The summed E-state index contributed by atoms with van der Waals surface area (Å²) >= 11 is 18.6. The van der Waals surface area contributed by atoms with E-state index in [1.165, 1.54) is 11.8 Å². The molecule has 0 N–H and O–H groups in total. The minimum absolute atomic E-state index is 0.220. The van der Waals surface area contributed by atoms with Gasteiger partial charge in [-0.15, -0.1) is 23.4 Å². The topological polar surface area (TPSA) is 17.1 Å². The fraction of sp³-hybridized carbons (Fsp3) is 0.875. The van der Waals surface area contributed by atoms with Crippen LogP contribution in [0, 0.1) is 5.41 Å². The third-order valence-electron chi connectivity index (χ3n) is 1.54. The molecule has 0 radical (unpaired) electrons. The number of ketones is 1. The van der Waals surface area contributed by atoms with E-state index in [0.717, 1.165) is 0 Å². The maximum absolute atomic E-state index is 11.7. The third-order valence-corrected chi connectivity index (χ3v) is 4.04. The van der Waals surface area contributed by atoms with E-state index in [4.69, 9.17) is 34.8 Å². The molecule has 78 valence electrons. The van der Waals surface area contributed by atoms with Gasteiger partial charge < -0.3 is 0 Å². The molecule has 0 saturated carbocycles. The Morgan fingerprint density at radius 3 is 2.15 bits per heavy atom. The SMILES string of the molecule is CCSC(Cl)(Cl)C(=O)C(C)(C)CCl. The number of carbonyl (C=O) groups excluding carboxylic acids is 1. The maximum Gasteiger partial charge on any atom is 0.221 e. The predicted octanol–water partition coefficient (Wildman–Crippen LogP) is 3.71. The monoisotopic (exact) mass is 262 g/mol. The summed E-state index contributed by atoms with van der Waals surface area (Å²) in [4.78, 5) is 11.7. The summed E-state index contributed by atoms with van der Waals surface area (Å²) in [5.74, 6) is 0.680. The van der Waals surface area contributed by atoms with E-state index in [1.54, 1.807) is 13.8 Å². The first kappa shape index (κ1) is 13.9. The van der Waals surface area contributed by atoms with Gasteiger partial charge >= 0.3 is 0 Å². The van der Waals surface area contributed by atoms with E-state index in [1.807, 2.05) is 6.92 Å². The quantitative estimate of drug-likeness (QED) is 0.704. The standard InChI is InChI=1S/C8H13Cl3OS/c1-4-13-8(10,11)6(12)7(2,3)5-9/h4-5H2,1-3H3. The zero-order valence-corrected chi connectivity index (χ0v) is 10.9. The molecule has 0 spiro atoms. The van der Waals surface area contributed by atoms with Crippen molar-refractivity contribution in [3.63, 3.8) is 0 Å². The van der Waals surface area contributed by atoms with E-state index in [0.29, 0.717) is 5.75 Å². The van der Waals surface area contributed by atoms with Gasteiger partial charge in [0, 0.05) is 11.3 Å². The molecule has 13 heavy (non-hydrogen) atoms. The zero-order valence-electron chi connectivity index (χ0n) is 7.86. The lowest BCUT2D eigenvalue weighted by molar-refractivity contribution is -0.125. The summed E-state index contributed by atoms with van der Waals surface area (Å²) in [6.45, 7) is 5.36. The normalized spacial score (nSPS) is 13.1. The number of alkyl halides is 3. The van der Waals surface area contributed by atoms with Crippen molar-refractivity contribution in [3.05, 3.63) is 0 Å². The van der Waals surface area contributed by atoms with E-state index in [-0.39, 0.29) is 11.7 Å². The number of rotatable bonds is 5. The van der Waals surface area contributed by atoms with Crippen molar-refractivity contribution < 1.29 is 4.79 Å². The molecule has 0 bridgehead atoms. The van der Waals surface area contributed by atoms with Crippen LogP contribution in [0.1, 0.15) is 20.8 Å². The van der Waals surface area contributed by atoms with Crippen LogP contribution in [0.3, 0.4) is 0 Å². The van der Waals surface area contributed by atoms with Crippen molar-refractivity contribution in [1.82, 2.24) is 0 Å². The summed E-state index contributed by atoms with van der Waals surface area (Å²) in [7, 11) is 0. The van der Waals surface area contributed by atoms with Gasteiger partial charge in [0.25, 0.3) is 0 Å². The summed E-state index contributed by atoms with van der Waals surface area (Å²) in [5, 5.41) is 0. The van der Waals surface area contributed by atoms with Gasteiger partial charge in [0.15, 0.2) is 5.78 Å². The molecule has 0 saturated heterocycles. The maximum atomic E-state index is 11.7. The average Bonchev–Trinajstić information content (AvgIpc) is 2.03. The molecule has 0 aromatic rings. The van der Waals surface area contributed by atoms with Crippen LogP contribution in [0.25, 0.3) is 0 Å². The Balaban J connectivity index is 4.58. The molecule has 0 aromatic heterocycles. The highest BCUT2D eigenvalue weighted by atomic mass is 35.5. The van der Waals surface area contributed by atoms with E-state index < -0.39 is 9.08 Å². The smallest absolute Gasteiger partial charge is 0.221 e. The zero-order chi connectivity index (χ0) is 10.7. The van der Waals surface area contributed by atoms with Crippen molar-refractivity contribution in [2.24, 2.45) is 5.41 Å². The van der Waals surface area contributed by atoms with Crippen molar-refractivity contribution in [2.75, 3.05) is 11.6 Å². The highest BCUT2D eigenvalue weighted by Crippen LogP contribution is 2.41. The second kappa shape index (κ2) is 5.11. The fourth-order valence-corrected chi connectivity index (χ4v) is 2.76. The highest BCUT2D eigenvalue weighted by molar-refractivity contribution is 8.04. The summed E-state index contributed by atoms with van der Waals surface area (Å²) in [5.41, 5.74) is -0.673. The predicted molar refractivity (Wildman–Crippen MR) is 62.1 cm³/mol. The lowest BCUT2D eigenvalue weighted by atomic mass is 9.91. The van der Waals surface area contributed by atoms with E-state index in [9.17, 15) is 4.79 Å². The van der Waals surface area contributed by atoms with Gasteiger partial charge in [-0.05, 0) is 5.75 Å².